The Balaban J connectivity index is 2.21. The maximum Gasteiger partial charge on any atom is 0.266 e. The molecule has 3 atom stereocenters. The molecule has 1 rings (SSSR count). The van der Waals surface area contributed by atoms with Crippen LogP contribution in [0, 0.1) is 0 Å². The van der Waals surface area contributed by atoms with Gasteiger partial charge in [-0.3, -0.25) is 0 Å². The summed E-state index contributed by atoms with van der Waals surface area (Å²) in [4.78, 5) is 4.23. The number of aliphatic imine (C=N–C) groups is 1. The van der Waals surface area contributed by atoms with Crippen molar-refractivity contribution in [3.63, 3.8) is 0 Å². The van der Waals surface area contributed by atoms with Crippen LogP contribution in [0.5, 0.6) is 0 Å². The van der Waals surface area contributed by atoms with Crippen LogP contribution in [0.15, 0.2) is 4.99 Å². The fourth-order valence-electron chi connectivity index (χ4n) is 3.66. The van der Waals surface area contributed by atoms with E-state index in [0.717, 1.165) is 19.3 Å². The molecule has 1 heterocycles. The van der Waals surface area contributed by atoms with Gasteiger partial charge in [0.15, 0.2) is 0 Å². The van der Waals surface area contributed by atoms with E-state index >= 15 is 0 Å². The number of aliphatic hydroxyl groups is 1. The Kier molecular flexibility index (Phi) is 15.8. The third kappa shape index (κ3) is 12.3. The van der Waals surface area contributed by atoms with E-state index in [1.54, 1.807) is 7.11 Å². The van der Waals surface area contributed by atoms with E-state index in [-0.39, 0.29) is 25.4 Å². The molecule has 0 saturated carbocycles. The molecule has 5 nitrogen and oxygen atoms in total. The van der Waals surface area contributed by atoms with Crippen molar-refractivity contribution in [3.8, 4) is 0 Å². The third-order valence-corrected chi connectivity index (χ3v) is 5.92. The lowest BCUT2D eigenvalue weighted by molar-refractivity contribution is -0.120. The molecule has 0 aliphatic carbocycles. The molecule has 1 N–H and O–H groups in total. The van der Waals surface area contributed by atoms with Gasteiger partial charge in [0.05, 0.1) is 6.10 Å². The van der Waals surface area contributed by atoms with Crippen LogP contribution in [0.3, 0.4) is 0 Å². The molecule has 0 aromatic rings. The molecule has 0 unspecified atom stereocenters. The van der Waals surface area contributed by atoms with Gasteiger partial charge in [-0.2, -0.15) is 0 Å². The zero-order chi connectivity index (χ0) is 22.2. The highest BCUT2D eigenvalue weighted by atomic mass is 35.6. The van der Waals surface area contributed by atoms with Crippen LogP contribution in [0.1, 0.15) is 90.4 Å². The minimum Gasteiger partial charge on any atom is -0.476 e. The van der Waals surface area contributed by atoms with Gasteiger partial charge in [0.25, 0.3) is 3.79 Å². The number of unbranched alkanes of at least 4 members (excludes halogenated alkanes) is 11. The molecular weight excluding hydrogens is 449 g/mol. The summed E-state index contributed by atoms with van der Waals surface area (Å²) in [6.07, 6.45) is 15.0. The van der Waals surface area contributed by atoms with Crippen molar-refractivity contribution in [3.05, 3.63) is 0 Å². The monoisotopic (exact) mass is 487 g/mol. The molecule has 0 bridgehead atoms. The Morgan fingerprint density at radius 2 is 1.53 bits per heavy atom. The molecule has 0 aromatic carbocycles. The van der Waals surface area contributed by atoms with E-state index in [1.807, 2.05) is 0 Å². The van der Waals surface area contributed by atoms with Crippen molar-refractivity contribution < 1.29 is 19.3 Å². The van der Waals surface area contributed by atoms with Crippen LogP contribution in [0.2, 0.25) is 0 Å². The summed E-state index contributed by atoms with van der Waals surface area (Å²) in [7, 11) is 1.56. The molecule has 178 valence electrons. The second kappa shape index (κ2) is 16.8. The Morgan fingerprint density at radius 1 is 1.00 bits per heavy atom. The van der Waals surface area contributed by atoms with Crippen LogP contribution < -0.4 is 0 Å². The van der Waals surface area contributed by atoms with E-state index in [9.17, 15) is 5.11 Å². The number of rotatable bonds is 18. The van der Waals surface area contributed by atoms with Gasteiger partial charge in [0.1, 0.15) is 25.5 Å². The first-order valence-corrected chi connectivity index (χ1v) is 12.6. The smallest absolute Gasteiger partial charge is 0.266 e. The van der Waals surface area contributed by atoms with Crippen LogP contribution in [0.25, 0.3) is 0 Å². The average Bonchev–Trinajstić information content (AvgIpc) is 3.21. The van der Waals surface area contributed by atoms with Gasteiger partial charge in [0.2, 0.25) is 5.90 Å². The highest BCUT2D eigenvalue weighted by molar-refractivity contribution is 6.76. The lowest BCUT2D eigenvalue weighted by atomic mass is 9.99. The number of aliphatic hydroxyl groups excluding tert-OH is 1. The predicted octanol–water partition coefficient (Wildman–Crippen LogP) is 6.60. The zero-order valence-corrected chi connectivity index (χ0v) is 20.9. The molecule has 0 saturated heterocycles. The van der Waals surface area contributed by atoms with Gasteiger partial charge in [-0.25, -0.2) is 4.99 Å². The molecule has 0 aromatic heterocycles. The minimum atomic E-state index is -1.72. The van der Waals surface area contributed by atoms with Crippen LogP contribution >= 0.6 is 34.8 Å². The second-order valence-corrected chi connectivity index (χ2v) is 10.4. The summed E-state index contributed by atoms with van der Waals surface area (Å²) in [5.74, 6) is 0.0207. The van der Waals surface area contributed by atoms with Gasteiger partial charge < -0.3 is 19.3 Å². The summed E-state index contributed by atoms with van der Waals surface area (Å²) >= 11 is 17.4. The molecule has 1 aliphatic heterocycles. The summed E-state index contributed by atoms with van der Waals surface area (Å²) in [6, 6.07) is -0.505. The molecule has 0 amide bonds. The van der Waals surface area contributed by atoms with Crippen molar-refractivity contribution in [1.82, 2.24) is 0 Å². The van der Waals surface area contributed by atoms with E-state index < -0.39 is 15.9 Å². The third-order valence-electron chi connectivity index (χ3n) is 5.43. The van der Waals surface area contributed by atoms with E-state index in [4.69, 9.17) is 49.0 Å². The molecule has 0 fully saturated rings. The van der Waals surface area contributed by atoms with Crippen LogP contribution in [0.4, 0.5) is 0 Å². The maximum atomic E-state index is 10.7. The minimum absolute atomic E-state index is 0.0207. The van der Waals surface area contributed by atoms with Crippen molar-refractivity contribution in [1.29, 1.82) is 0 Å². The SMILES string of the molecule is CCCCCCCCCCCCCC[C@H](OCOC)[C@@H](O)[C@@H]1COC(C(Cl)(Cl)Cl)=N1. The number of hydrogen-bond donors (Lipinski definition) is 1. The summed E-state index contributed by atoms with van der Waals surface area (Å²) < 4.78 is 14.3. The van der Waals surface area contributed by atoms with Crippen LogP contribution in [-0.4, -0.2) is 53.6 Å². The van der Waals surface area contributed by atoms with Gasteiger partial charge in [-0.15, -0.1) is 0 Å². The van der Waals surface area contributed by atoms with Crippen molar-refractivity contribution in [2.75, 3.05) is 20.5 Å². The number of ether oxygens (including phenoxy) is 3. The highest BCUT2D eigenvalue weighted by Gasteiger charge is 2.39. The number of alkyl halides is 3. The fourth-order valence-corrected chi connectivity index (χ4v) is 3.97. The fraction of sp³-hybridized carbons (Fsp3) is 0.955. The molecular formula is C22H40Cl3NO4. The Bertz CT molecular complexity index is 460. The number of halogens is 3. The largest absolute Gasteiger partial charge is 0.476 e. The van der Waals surface area contributed by atoms with Crippen molar-refractivity contribution in [2.45, 2.75) is 112 Å². The van der Waals surface area contributed by atoms with Crippen molar-refractivity contribution >= 4 is 40.7 Å². The highest BCUT2D eigenvalue weighted by Crippen LogP contribution is 2.32. The summed E-state index contributed by atoms with van der Waals surface area (Å²) in [6.45, 7) is 2.55. The lowest BCUT2D eigenvalue weighted by Gasteiger charge is -2.25. The predicted molar refractivity (Wildman–Crippen MR) is 126 cm³/mol. The number of nitrogens with zero attached hydrogens (tertiary/aromatic N) is 1. The number of hydrogen-bond acceptors (Lipinski definition) is 5. The number of methoxy groups -OCH3 is 1. The quantitative estimate of drug-likeness (QED) is 0.134. The summed E-state index contributed by atoms with van der Waals surface area (Å²) in [5, 5.41) is 10.7. The first-order valence-electron chi connectivity index (χ1n) is 11.5. The molecule has 1 aliphatic rings. The first-order chi connectivity index (χ1) is 14.4. The van der Waals surface area contributed by atoms with Gasteiger partial charge in [-0.1, -0.05) is 119 Å². The lowest BCUT2D eigenvalue weighted by Crippen LogP contribution is -2.39. The van der Waals surface area contributed by atoms with E-state index in [0.29, 0.717) is 0 Å². The molecule has 30 heavy (non-hydrogen) atoms. The van der Waals surface area contributed by atoms with Crippen molar-refractivity contribution in [2.24, 2.45) is 4.99 Å². The van der Waals surface area contributed by atoms with E-state index in [2.05, 4.69) is 11.9 Å². The topological polar surface area (TPSA) is 60.3 Å². The van der Waals surface area contributed by atoms with Crippen LogP contribution in [-0.2, 0) is 14.2 Å². The van der Waals surface area contributed by atoms with Gasteiger partial charge >= 0.3 is 0 Å². The zero-order valence-electron chi connectivity index (χ0n) is 18.6. The first kappa shape index (κ1) is 28.3. The second-order valence-electron chi connectivity index (χ2n) is 8.09. The standard InChI is InChI=1S/C22H40Cl3NO4/c1-3-4-5-6-7-8-9-10-11-12-13-14-15-19(30-17-28-2)20(27)18-16-29-21(26-18)22(23,24)25/h18-20,27H,3-17H2,1-2H3/t18-,19-,20-/m0/s1. The Labute approximate surface area is 197 Å². The van der Waals surface area contributed by atoms with E-state index in [1.165, 1.54) is 64.2 Å². The average molecular weight is 489 g/mol. The molecule has 8 heteroatoms. The maximum absolute atomic E-state index is 10.7. The molecule has 0 spiro atoms. The van der Waals surface area contributed by atoms with Gasteiger partial charge in [0, 0.05) is 7.11 Å². The van der Waals surface area contributed by atoms with Gasteiger partial charge in [-0.05, 0) is 6.42 Å². The summed E-state index contributed by atoms with van der Waals surface area (Å²) in [5.41, 5.74) is 0. The molecule has 0 radical (unpaired) electrons. The normalized spacial score (nSPS) is 18.9. The Morgan fingerprint density at radius 3 is 2.00 bits per heavy atom. The Hall–Kier alpha value is 0.220.